The number of hydrogen-bond acceptors (Lipinski definition) is 5. The first kappa shape index (κ1) is 21.4. The van der Waals surface area contributed by atoms with Crippen LogP contribution in [0.15, 0.2) is 42.5 Å². The number of aromatic nitrogens is 1. The van der Waals surface area contributed by atoms with E-state index in [9.17, 15) is 9.90 Å². The van der Waals surface area contributed by atoms with Gasteiger partial charge in [0.15, 0.2) is 11.5 Å². The number of methoxy groups -OCH3 is 1. The van der Waals surface area contributed by atoms with Crippen LogP contribution < -0.4 is 14.2 Å². The normalized spacial score (nSPS) is 10.8. The quantitative estimate of drug-likeness (QED) is 0.441. The van der Waals surface area contributed by atoms with Crippen LogP contribution in [0, 0.1) is 0 Å². The van der Waals surface area contributed by atoms with E-state index in [4.69, 9.17) is 19.2 Å². The van der Waals surface area contributed by atoms with E-state index in [0.29, 0.717) is 47.1 Å². The number of aromatic carboxylic acids is 1. The van der Waals surface area contributed by atoms with Crippen molar-refractivity contribution < 1.29 is 24.1 Å². The Bertz CT molecular complexity index is 1030. The first-order valence-electron chi connectivity index (χ1n) is 10.2. The number of pyridine rings is 1. The number of nitrogens with zero attached hydrogens (tertiary/aromatic N) is 1. The molecule has 0 aliphatic heterocycles. The van der Waals surface area contributed by atoms with Gasteiger partial charge in [-0.3, -0.25) is 0 Å². The molecule has 1 aromatic heterocycles. The molecule has 0 aliphatic carbocycles. The number of para-hydroxylation sites is 1. The molecule has 1 N–H and O–H groups in total. The summed E-state index contributed by atoms with van der Waals surface area (Å²) in [6, 6.07) is 12.4. The highest BCUT2D eigenvalue weighted by Crippen LogP contribution is 2.35. The fourth-order valence-corrected chi connectivity index (χ4v) is 3.30. The third-order valence-corrected chi connectivity index (χ3v) is 4.80. The summed E-state index contributed by atoms with van der Waals surface area (Å²) in [4.78, 5) is 16.6. The van der Waals surface area contributed by atoms with E-state index < -0.39 is 5.97 Å². The molecule has 0 radical (unpaired) electrons. The summed E-state index contributed by atoms with van der Waals surface area (Å²) in [6.07, 6.45) is 3.23. The van der Waals surface area contributed by atoms with E-state index in [2.05, 4.69) is 6.92 Å². The van der Waals surface area contributed by atoms with Gasteiger partial charge in [0, 0.05) is 10.9 Å². The number of rotatable bonds is 10. The van der Waals surface area contributed by atoms with E-state index in [1.807, 2.05) is 25.1 Å². The molecule has 3 aromatic rings. The molecule has 158 valence electrons. The molecule has 6 heteroatoms. The minimum absolute atomic E-state index is 0.173. The second kappa shape index (κ2) is 9.96. The Balaban J connectivity index is 2.05. The maximum absolute atomic E-state index is 11.9. The summed E-state index contributed by atoms with van der Waals surface area (Å²) in [5, 5.41) is 10.3. The van der Waals surface area contributed by atoms with Crippen LogP contribution in [0.5, 0.6) is 17.2 Å². The van der Waals surface area contributed by atoms with Crippen molar-refractivity contribution >= 4 is 16.9 Å². The molecule has 6 nitrogen and oxygen atoms in total. The molecule has 0 amide bonds. The van der Waals surface area contributed by atoms with Crippen LogP contribution in [-0.4, -0.2) is 36.4 Å². The predicted octanol–water partition coefficient (Wildman–Crippen LogP) is 5.58. The van der Waals surface area contributed by atoms with Crippen molar-refractivity contribution in [3.8, 4) is 28.5 Å². The third-order valence-electron chi connectivity index (χ3n) is 4.80. The van der Waals surface area contributed by atoms with Gasteiger partial charge in [0.05, 0.1) is 31.6 Å². The zero-order chi connectivity index (χ0) is 21.5. The van der Waals surface area contributed by atoms with Crippen molar-refractivity contribution in [1.29, 1.82) is 0 Å². The summed E-state index contributed by atoms with van der Waals surface area (Å²) in [6.45, 7) is 5.18. The van der Waals surface area contributed by atoms with E-state index in [-0.39, 0.29) is 5.56 Å². The van der Waals surface area contributed by atoms with Crippen LogP contribution in [0.25, 0.3) is 22.2 Å². The smallest absolute Gasteiger partial charge is 0.336 e. The number of fused-ring (bicyclic) bond motifs is 1. The van der Waals surface area contributed by atoms with Crippen molar-refractivity contribution in [1.82, 2.24) is 4.98 Å². The summed E-state index contributed by atoms with van der Waals surface area (Å²) in [7, 11) is 1.54. The zero-order valence-electron chi connectivity index (χ0n) is 17.6. The minimum Gasteiger partial charge on any atom is -0.494 e. The van der Waals surface area contributed by atoms with E-state index in [0.717, 1.165) is 24.8 Å². The molecule has 0 spiro atoms. The number of carboxylic acid groups (broad SMARTS) is 1. The van der Waals surface area contributed by atoms with Crippen LogP contribution in [0.2, 0.25) is 0 Å². The Labute approximate surface area is 176 Å². The van der Waals surface area contributed by atoms with Gasteiger partial charge in [-0.15, -0.1) is 0 Å². The fraction of sp³-hybridized carbons (Fsp3) is 0.333. The number of ether oxygens (including phenoxy) is 3. The lowest BCUT2D eigenvalue weighted by Gasteiger charge is -2.14. The first-order valence-corrected chi connectivity index (χ1v) is 10.2. The number of unbranched alkanes of at least 4 members (excludes halogenated alkanes) is 2. The van der Waals surface area contributed by atoms with Gasteiger partial charge in [0.1, 0.15) is 11.3 Å². The molecule has 0 atom stereocenters. The van der Waals surface area contributed by atoms with Crippen molar-refractivity contribution in [2.45, 2.75) is 33.1 Å². The van der Waals surface area contributed by atoms with Gasteiger partial charge in [-0.1, -0.05) is 31.9 Å². The second-order valence-electron chi connectivity index (χ2n) is 6.87. The molecule has 0 saturated carbocycles. The number of hydrogen-bond donors (Lipinski definition) is 1. The highest BCUT2D eigenvalue weighted by molar-refractivity contribution is 6.05. The van der Waals surface area contributed by atoms with Gasteiger partial charge in [0.2, 0.25) is 0 Å². The molecule has 0 unspecified atom stereocenters. The van der Waals surface area contributed by atoms with E-state index >= 15 is 0 Å². The lowest BCUT2D eigenvalue weighted by molar-refractivity contribution is 0.0699. The third kappa shape index (κ3) is 4.64. The van der Waals surface area contributed by atoms with Crippen molar-refractivity contribution in [3.05, 3.63) is 48.0 Å². The molecule has 30 heavy (non-hydrogen) atoms. The topological polar surface area (TPSA) is 77.9 Å². The fourth-order valence-electron chi connectivity index (χ4n) is 3.30. The SMILES string of the molecule is CCCCCOc1ccc(-c2cc(C(=O)O)c3cccc(OC)c3n2)cc1OCC. The number of carbonyl (C=O) groups is 1. The van der Waals surface area contributed by atoms with Gasteiger partial charge in [-0.2, -0.15) is 0 Å². The Morgan fingerprint density at radius 1 is 1.00 bits per heavy atom. The molecule has 0 saturated heterocycles. The molecule has 1 heterocycles. The summed E-state index contributed by atoms with van der Waals surface area (Å²) in [5.41, 5.74) is 1.96. The number of carboxylic acids is 1. The average Bonchev–Trinajstić information content (AvgIpc) is 2.76. The standard InChI is InChI=1S/C24H27NO5/c1-4-6-7-13-30-20-12-11-16(14-22(20)29-5-2)19-15-18(24(26)27)17-9-8-10-21(28-3)23(17)25-19/h8-12,14-15H,4-7,13H2,1-3H3,(H,26,27). The van der Waals surface area contributed by atoms with Crippen LogP contribution in [0.1, 0.15) is 43.5 Å². The maximum Gasteiger partial charge on any atom is 0.336 e. The van der Waals surface area contributed by atoms with E-state index in [1.54, 1.807) is 31.4 Å². The van der Waals surface area contributed by atoms with Gasteiger partial charge >= 0.3 is 5.97 Å². The Morgan fingerprint density at radius 3 is 2.53 bits per heavy atom. The molecular formula is C24H27NO5. The van der Waals surface area contributed by atoms with Crippen LogP contribution in [0.3, 0.4) is 0 Å². The van der Waals surface area contributed by atoms with Gasteiger partial charge in [-0.05, 0) is 43.7 Å². The second-order valence-corrected chi connectivity index (χ2v) is 6.87. The minimum atomic E-state index is -1.02. The molecule has 2 aromatic carbocycles. The lowest BCUT2D eigenvalue weighted by Crippen LogP contribution is -2.03. The van der Waals surface area contributed by atoms with Crippen LogP contribution >= 0.6 is 0 Å². The maximum atomic E-state index is 11.9. The molecule has 0 bridgehead atoms. The number of benzene rings is 2. The molecule has 0 aliphatic rings. The Kier molecular flexibility index (Phi) is 7.12. The predicted molar refractivity (Wildman–Crippen MR) is 117 cm³/mol. The van der Waals surface area contributed by atoms with Crippen molar-refractivity contribution in [2.75, 3.05) is 20.3 Å². The Morgan fingerprint density at radius 2 is 1.83 bits per heavy atom. The molecule has 0 fully saturated rings. The van der Waals surface area contributed by atoms with Crippen molar-refractivity contribution in [2.24, 2.45) is 0 Å². The van der Waals surface area contributed by atoms with Crippen LogP contribution in [-0.2, 0) is 0 Å². The highest BCUT2D eigenvalue weighted by atomic mass is 16.5. The summed E-state index contributed by atoms with van der Waals surface area (Å²) in [5.74, 6) is 0.800. The van der Waals surface area contributed by atoms with Crippen molar-refractivity contribution in [3.63, 3.8) is 0 Å². The Hall–Kier alpha value is -3.28. The zero-order valence-corrected chi connectivity index (χ0v) is 17.6. The largest absolute Gasteiger partial charge is 0.494 e. The van der Waals surface area contributed by atoms with Gasteiger partial charge in [0.25, 0.3) is 0 Å². The summed E-state index contributed by atoms with van der Waals surface area (Å²) >= 11 is 0. The van der Waals surface area contributed by atoms with Gasteiger partial charge in [-0.25, -0.2) is 9.78 Å². The highest BCUT2D eigenvalue weighted by Gasteiger charge is 2.17. The first-order chi connectivity index (χ1) is 14.6. The monoisotopic (exact) mass is 409 g/mol. The molecule has 3 rings (SSSR count). The molecular weight excluding hydrogens is 382 g/mol. The van der Waals surface area contributed by atoms with Crippen LogP contribution in [0.4, 0.5) is 0 Å². The van der Waals surface area contributed by atoms with Gasteiger partial charge < -0.3 is 19.3 Å². The lowest BCUT2D eigenvalue weighted by atomic mass is 10.0. The summed E-state index contributed by atoms with van der Waals surface area (Å²) < 4.78 is 17.1. The van der Waals surface area contributed by atoms with E-state index in [1.165, 1.54) is 0 Å². The average molecular weight is 409 g/mol.